The summed E-state index contributed by atoms with van der Waals surface area (Å²) in [5, 5.41) is 2.53. The van der Waals surface area contributed by atoms with Crippen LogP contribution >= 0.6 is 31.9 Å². The molecule has 27 heavy (non-hydrogen) atoms. The largest absolute Gasteiger partial charge is 0.379 e. The number of fused-ring (bicyclic) bond motifs is 3. The third-order valence-electron chi connectivity index (χ3n) is 4.83. The zero-order chi connectivity index (χ0) is 19.0. The number of aromatic nitrogens is 1. The molecule has 0 N–H and O–H groups in total. The Morgan fingerprint density at radius 2 is 1.70 bits per heavy atom. The number of ether oxygens (including phenoxy) is 3. The molecule has 0 radical (unpaired) electrons. The van der Waals surface area contributed by atoms with Crippen molar-refractivity contribution in [2.24, 2.45) is 0 Å². The van der Waals surface area contributed by atoms with E-state index in [0.29, 0.717) is 19.8 Å². The second kappa shape index (κ2) is 7.84. The Hall–Kier alpha value is -0.920. The molecule has 1 aromatic heterocycles. The van der Waals surface area contributed by atoms with Gasteiger partial charge in [-0.3, -0.25) is 0 Å². The van der Waals surface area contributed by atoms with E-state index >= 15 is 0 Å². The van der Waals surface area contributed by atoms with Gasteiger partial charge in [-0.25, -0.2) is 0 Å². The van der Waals surface area contributed by atoms with Crippen LogP contribution in [0, 0.1) is 0 Å². The molecule has 1 saturated heterocycles. The highest BCUT2D eigenvalue weighted by Gasteiger charge is 2.32. The van der Waals surface area contributed by atoms with Gasteiger partial charge >= 0.3 is 0 Å². The molecule has 144 valence electrons. The van der Waals surface area contributed by atoms with Gasteiger partial charge in [0.2, 0.25) is 0 Å². The first-order valence-corrected chi connectivity index (χ1v) is 10.8. The molecule has 1 aliphatic rings. The van der Waals surface area contributed by atoms with E-state index in [9.17, 15) is 0 Å². The average Bonchev–Trinajstić information content (AvgIpc) is 3.11. The van der Waals surface area contributed by atoms with Gasteiger partial charge in [-0.1, -0.05) is 31.9 Å². The maximum Gasteiger partial charge on any atom is 0.163 e. The van der Waals surface area contributed by atoms with E-state index in [0.717, 1.165) is 21.9 Å². The van der Waals surface area contributed by atoms with Crippen LogP contribution in [0.1, 0.15) is 20.3 Å². The second-order valence-electron chi connectivity index (χ2n) is 7.35. The standard InChI is InChI=1S/C21H23Br2NO3/c1-21(2)26-13-16(27-21)12-25-9-3-8-24-19-6-4-14(22)10-17(19)18-11-15(23)5-7-20(18)24/h4-7,10-11,16H,3,8-9,12-13H2,1-2H3. The number of halogens is 2. The van der Waals surface area contributed by atoms with Crippen LogP contribution in [0.2, 0.25) is 0 Å². The number of hydrogen-bond acceptors (Lipinski definition) is 3. The molecule has 0 amide bonds. The van der Waals surface area contributed by atoms with Crippen molar-refractivity contribution in [2.45, 2.75) is 38.7 Å². The van der Waals surface area contributed by atoms with E-state index < -0.39 is 5.79 Å². The minimum absolute atomic E-state index is 0.0305. The molecule has 2 heterocycles. The maximum atomic E-state index is 5.84. The van der Waals surface area contributed by atoms with Crippen LogP contribution in [0.25, 0.3) is 21.8 Å². The molecule has 1 unspecified atom stereocenters. The highest BCUT2D eigenvalue weighted by molar-refractivity contribution is 9.10. The van der Waals surface area contributed by atoms with Crippen molar-refractivity contribution >= 4 is 53.7 Å². The van der Waals surface area contributed by atoms with Gasteiger partial charge in [0, 0.05) is 43.9 Å². The molecule has 1 fully saturated rings. The van der Waals surface area contributed by atoms with Crippen molar-refractivity contribution in [3.05, 3.63) is 45.3 Å². The lowest BCUT2D eigenvalue weighted by molar-refractivity contribution is -0.145. The lowest BCUT2D eigenvalue weighted by atomic mass is 10.2. The molecular weight excluding hydrogens is 474 g/mol. The van der Waals surface area contributed by atoms with Crippen LogP contribution in [-0.2, 0) is 20.8 Å². The Morgan fingerprint density at radius 3 is 2.26 bits per heavy atom. The molecule has 0 aliphatic carbocycles. The summed E-state index contributed by atoms with van der Waals surface area (Å²) in [4.78, 5) is 0. The third-order valence-corrected chi connectivity index (χ3v) is 5.82. The van der Waals surface area contributed by atoms with Crippen LogP contribution < -0.4 is 0 Å². The normalized spacial score (nSPS) is 19.3. The molecule has 1 atom stereocenters. The molecule has 4 rings (SSSR count). The summed E-state index contributed by atoms with van der Waals surface area (Å²) in [7, 11) is 0. The van der Waals surface area contributed by atoms with Crippen LogP contribution in [0.15, 0.2) is 45.3 Å². The predicted molar refractivity (Wildman–Crippen MR) is 115 cm³/mol. The Bertz CT molecular complexity index is 908. The van der Waals surface area contributed by atoms with Crippen molar-refractivity contribution in [3.63, 3.8) is 0 Å². The van der Waals surface area contributed by atoms with Crippen LogP contribution in [-0.4, -0.2) is 36.3 Å². The van der Waals surface area contributed by atoms with Gasteiger partial charge < -0.3 is 18.8 Å². The molecule has 0 bridgehead atoms. The number of aryl methyl sites for hydroxylation is 1. The summed E-state index contributed by atoms with van der Waals surface area (Å²) >= 11 is 7.19. The summed E-state index contributed by atoms with van der Waals surface area (Å²) in [5.74, 6) is -0.487. The van der Waals surface area contributed by atoms with E-state index in [-0.39, 0.29) is 6.10 Å². The van der Waals surface area contributed by atoms with E-state index in [4.69, 9.17) is 14.2 Å². The smallest absolute Gasteiger partial charge is 0.163 e. The first-order chi connectivity index (χ1) is 12.9. The SMILES string of the molecule is CC1(C)OCC(COCCCn2c3ccc(Br)cc3c3cc(Br)ccc32)O1. The minimum atomic E-state index is -0.487. The number of rotatable bonds is 6. The zero-order valence-electron chi connectivity index (χ0n) is 15.5. The Morgan fingerprint density at radius 1 is 1.07 bits per heavy atom. The Labute approximate surface area is 176 Å². The van der Waals surface area contributed by atoms with Gasteiger partial charge in [-0.2, -0.15) is 0 Å². The van der Waals surface area contributed by atoms with Gasteiger partial charge in [-0.15, -0.1) is 0 Å². The van der Waals surface area contributed by atoms with E-state index in [1.165, 1.54) is 21.8 Å². The molecule has 0 saturated carbocycles. The van der Waals surface area contributed by atoms with Crippen LogP contribution in [0.4, 0.5) is 0 Å². The van der Waals surface area contributed by atoms with Gasteiger partial charge in [0.25, 0.3) is 0 Å². The van der Waals surface area contributed by atoms with Gasteiger partial charge in [0.15, 0.2) is 5.79 Å². The number of benzene rings is 2. The number of hydrogen-bond donors (Lipinski definition) is 0. The lowest BCUT2D eigenvalue weighted by Gasteiger charge is -2.17. The van der Waals surface area contributed by atoms with Crippen molar-refractivity contribution in [1.29, 1.82) is 0 Å². The third kappa shape index (κ3) is 4.25. The van der Waals surface area contributed by atoms with E-state index in [2.05, 4.69) is 72.8 Å². The zero-order valence-corrected chi connectivity index (χ0v) is 18.7. The fourth-order valence-electron chi connectivity index (χ4n) is 3.67. The molecule has 3 aromatic rings. The first-order valence-electron chi connectivity index (χ1n) is 9.19. The summed E-state index contributed by atoms with van der Waals surface area (Å²) in [5.41, 5.74) is 2.50. The van der Waals surface area contributed by atoms with E-state index in [1.54, 1.807) is 0 Å². The average molecular weight is 497 g/mol. The van der Waals surface area contributed by atoms with Crippen LogP contribution in [0.3, 0.4) is 0 Å². The van der Waals surface area contributed by atoms with Gasteiger partial charge in [0.05, 0.1) is 13.2 Å². The lowest BCUT2D eigenvalue weighted by Crippen LogP contribution is -2.24. The fraction of sp³-hybridized carbons (Fsp3) is 0.429. The summed E-state index contributed by atoms with van der Waals surface area (Å²) < 4.78 is 21.8. The Kier molecular flexibility index (Phi) is 5.63. The van der Waals surface area contributed by atoms with Gasteiger partial charge in [-0.05, 0) is 56.7 Å². The summed E-state index contributed by atoms with van der Waals surface area (Å²) in [6, 6.07) is 12.9. The highest BCUT2D eigenvalue weighted by Crippen LogP contribution is 2.33. The molecule has 4 nitrogen and oxygen atoms in total. The molecule has 2 aromatic carbocycles. The van der Waals surface area contributed by atoms with Crippen molar-refractivity contribution in [3.8, 4) is 0 Å². The van der Waals surface area contributed by atoms with Crippen molar-refractivity contribution < 1.29 is 14.2 Å². The van der Waals surface area contributed by atoms with Crippen molar-refractivity contribution in [2.75, 3.05) is 19.8 Å². The first kappa shape index (κ1) is 19.4. The summed E-state index contributed by atoms with van der Waals surface area (Å²) in [6.45, 7) is 6.67. The van der Waals surface area contributed by atoms with E-state index in [1.807, 2.05) is 13.8 Å². The highest BCUT2D eigenvalue weighted by atomic mass is 79.9. The van der Waals surface area contributed by atoms with Crippen LogP contribution in [0.5, 0.6) is 0 Å². The Balaban J connectivity index is 1.44. The molecular formula is C21H23Br2NO3. The number of nitrogens with zero attached hydrogens (tertiary/aromatic N) is 1. The molecule has 6 heteroatoms. The van der Waals surface area contributed by atoms with Crippen molar-refractivity contribution in [1.82, 2.24) is 4.57 Å². The quantitative estimate of drug-likeness (QED) is 0.399. The van der Waals surface area contributed by atoms with Gasteiger partial charge in [0.1, 0.15) is 6.10 Å². The molecule has 1 aliphatic heterocycles. The minimum Gasteiger partial charge on any atom is -0.379 e. The monoisotopic (exact) mass is 495 g/mol. The fourth-order valence-corrected chi connectivity index (χ4v) is 4.40. The molecule has 0 spiro atoms. The second-order valence-corrected chi connectivity index (χ2v) is 9.19. The predicted octanol–water partition coefficient (Wildman–Crippen LogP) is 5.88. The summed E-state index contributed by atoms with van der Waals surface area (Å²) in [6.07, 6.45) is 0.977. The topological polar surface area (TPSA) is 32.6 Å². The maximum absolute atomic E-state index is 5.84.